The average molecular weight is 307 g/mol. The zero-order valence-electron chi connectivity index (χ0n) is 12.8. The molecule has 0 aliphatic carbocycles. The molecule has 0 saturated heterocycles. The molecule has 1 amide bonds. The van der Waals surface area contributed by atoms with Gasteiger partial charge in [-0.15, -0.1) is 0 Å². The first kappa shape index (κ1) is 14.8. The second-order valence-corrected chi connectivity index (χ2v) is 5.35. The van der Waals surface area contributed by atoms with E-state index in [4.69, 9.17) is 0 Å². The highest BCUT2D eigenvalue weighted by molar-refractivity contribution is 6.09. The van der Waals surface area contributed by atoms with E-state index >= 15 is 0 Å². The summed E-state index contributed by atoms with van der Waals surface area (Å²) in [7, 11) is 1.55. The Morgan fingerprint density at radius 2 is 1.74 bits per heavy atom. The molecule has 5 heteroatoms. The van der Waals surface area contributed by atoms with E-state index in [9.17, 15) is 14.7 Å². The van der Waals surface area contributed by atoms with Crippen LogP contribution in [0.5, 0.6) is 5.75 Å². The normalized spacial score (nSPS) is 10.7. The number of nitrogens with one attached hydrogen (secondary N) is 1. The minimum atomic E-state index is -0.685. The lowest BCUT2D eigenvalue weighted by atomic mass is 10.1. The summed E-state index contributed by atoms with van der Waals surface area (Å²) in [6, 6.07) is 13.9. The second kappa shape index (κ2) is 5.61. The number of pyridine rings is 1. The van der Waals surface area contributed by atoms with Crippen molar-refractivity contribution in [2.24, 2.45) is 7.05 Å². The van der Waals surface area contributed by atoms with Gasteiger partial charge in [0.2, 0.25) is 0 Å². The predicted molar refractivity (Wildman–Crippen MR) is 87.8 cm³/mol. The number of aromatic nitrogens is 1. The van der Waals surface area contributed by atoms with Gasteiger partial charge in [0.25, 0.3) is 11.5 Å². The molecule has 0 radical (unpaired) electrons. The summed E-state index contributed by atoms with van der Waals surface area (Å²) in [5.41, 5.74) is 0.974. The zero-order chi connectivity index (χ0) is 16.6. The van der Waals surface area contributed by atoms with Crippen molar-refractivity contribution in [1.29, 1.82) is 0 Å². The first-order valence-corrected chi connectivity index (χ1v) is 7.16. The first-order valence-electron chi connectivity index (χ1n) is 7.16. The van der Waals surface area contributed by atoms with Crippen LogP contribution in [-0.4, -0.2) is 10.5 Å². The number of nitrogens with zero attached hydrogens (tertiary/aromatic N) is 1. The van der Waals surface area contributed by atoms with Gasteiger partial charge in [0.15, 0.2) is 0 Å². The topological polar surface area (TPSA) is 74.2 Å². The number of amides is 1. The fraction of sp³-hybridized carbons (Fsp3) is 0.111. The van der Waals surface area contributed by atoms with Crippen LogP contribution in [0.4, 0.5) is 5.69 Å². The van der Waals surface area contributed by atoms with Crippen molar-refractivity contribution < 1.29 is 9.90 Å². The quantitative estimate of drug-likeness (QED) is 0.788. The van der Waals surface area contributed by atoms with E-state index in [1.54, 1.807) is 43.4 Å². The monoisotopic (exact) mass is 307 g/mol. The maximum Gasteiger partial charge on any atom is 0.263 e. The SMILES string of the molecule is Cc1ccccc1NC(=O)c1c([O-])c2ccccc2n(C)c1=O. The number of rotatable bonds is 2. The summed E-state index contributed by atoms with van der Waals surface area (Å²) >= 11 is 0. The molecule has 3 aromatic rings. The molecule has 1 N–H and O–H groups in total. The van der Waals surface area contributed by atoms with Crippen LogP contribution in [-0.2, 0) is 7.05 Å². The number of anilines is 1. The van der Waals surface area contributed by atoms with Crippen LogP contribution < -0.4 is 16.0 Å². The molecule has 1 heterocycles. The Morgan fingerprint density at radius 1 is 1.09 bits per heavy atom. The van der Waals surface area contributed by atoms with E-state index in [0.717, 1.165) is 5.56 Å². The highest BCUT2D eigenvalue weighted by atomic mass is 16.3. The number of benzene rings is 2. The molecular weight excluding hydrogens is 292 g/mol. The Labute approximate surface area is 132 Å². The van der Waals surface area contributed by atoms with Crippen LogP contribution >= 0.6 is 0 Å². The van der Waals surface area contributed by atoms with Crippen molar-refractivity contribution in [2.75, 3.05) is 5.32 Å². The summed E-state index contributed by atoms with van der Waals surface area (Å²) in [5.74, 6) is -1.23. The summed E-state index contributed by atoms with van der Waals surface area (Å²) in [6.07, 6.45) is 0. The highest BCUT2D eigenvalue weighted by Crippen LogP contribution is 2.24. The maximum absolute atomic E-state index is 12.5. The van der Waals surface area contributed by atoms with Crippen LogP contribution in [0.2, 0.25) is 0 Å². The molecular formula is C18H15N2O3-. The molecule has 0 atom stereocenters. The molecule has 0 bridgehead atoms. The molecule has 2 aromatic carbocycles. The van der Waals surface area contributed by atoms with E-state index in [-0.39, 0.29) is 5.56 Å². The Kier molecular flexibility index (Phi) is 3.62. The third-order valence-electron chi connectivity index (χ3n) is 3.88. The maximum atomic E-state index is 12.5. The molecule has 1 aromatic heterocycles. The van der Waals surface area contributed by atoms with E-state index < -0.39 is 17.2 Å². The average Bonchev–Trinajstić information content (AvgIpc) is 2.55. The molecule has 23 heavy (non-hydrogen) atoms. The van der Waals surface area contributed by atoms with Gasteiger partial charge in [0, 0.05) is 12.7 Å². The van der Waals surface area contributed by atoms with Gasteiger partial charge in [-0.05, 0) is 30.0 Å². The third kappa shape index (κ3) is 2.46. The van der Waals surface area contributed by atoms with Crippen LogP contribution in [0.3, 0.4) is 0 Å². The Morgan fingerprint density at radius 3 is 2.48 bits per heavy atom. The van der Waals surface area contributed by atoms with E-state index in [2.05, 4.69) is 5.32 Å². The van der Waals surface area contributed by atoms with E-state index in [0.29, 0.717) is 16.6 Å². The summed E-state index contributed by atoms with van der Waals surface area (Å²) in [4.78, 5) is 24.9. The lowest BCUT2D eigenvalue weighted by Crippen LogP contribution is -2.30. The lowest BCUT2D eigenvalue weighted by Gasteiger charge is -2.18. The number of carbonyl (C=O) groups is 1. The number of para-hydroxylation sites is 2. The molecule has 0 fully saturated rings. The van der Waals surface area contributed by atoms with Gasteiger partial charge >= 0.3 is 0 Å². The fourth-order valence-electron chi connectivity index (χ4n) is 2.57. The largest absolute Gasteiger partial charge is 0.871 e. The molecule has 3 rings (SSSR count). The molecule has 0 aliphatic rings. The molecule has 0 saturated carbocycles. The van der Waals surface area contributed by atoms with Gasteiger partial charge < -0.3 is 15.0 Å². The smallest absolute Gasteiger partial charge is 0.263 e. The van der Waals surface area contributed by atoms with Crippen molar-refractivity contribution in [1.82, 2.24) is 4.57 Å². The minimum Gasteiger partial charge on any atom is -0.871 e. The molecule has 5 nitrogen and oxygen atoms in total. The van der Waals surface area contributed by atoms with Crippen molar-refractivity contribution in [3.05, 3.63) is 70.0 Å². The number of aryl methyl sites for hydroxylation is 2. The van der Waals surface area contributed by atoms with Gasteiger partial charge in [-0.2, -0.15) is 0 Å². The number of carbonyl (C=O) groups excluding carboxylic acids is 1. The molecule has 0 aliphatic heterocycles. The van der Waals surface area contributed by atoms with Crippen molar-refractivity contribution >= 4 is 22.5 Å². The summed E-state index contributed by atoms with van der Waals surface area (Å²) < 4.78 is 1.32. The van der Waals surface area contributed by atoms with Crippen LogP contribution in [0.1, 0.15) is 15.9 Å². The Balaban J connectivity index is 2.15. The Bertz CT molecular complexity index is 974. The van der Waals surface area contributed by atoms with Crippen LogP contribution in [0, 0.1) is 6.92 Å². The van der Waals surface area contributed by atoms with Crippen molar-refractivity contribution in [3.8, 4) is 5.75 Å². The summed E-state index contributed by atoms with van der Waals surface area (Å²) in [5, 5.41) is 15.5. The van der Waals surface area contributed by atoms with Gasteiger partial charge in [-0.25, -0.2) is 0 Å². The number of hydrogen-bond acceptors (Lipinski definition) is 3. The van der Waals surface area contributed by atoms with Crippen molar-refractivity contribution in [3.63, 3.8) is 0 Å². The predicted octanol–water partition coefficient (Wildman–Crippen LogP) is 2.17. The Hall–Kier alpha value is -3.08. The molecule has 116 valence electrons. The van der Waals surface area contributed by atoms with Crippen molar-refractivity contribution in [2.45, 2.75) is 6.92 Å². The second-order valence-electron chi connectivity index (χ2n) is 5.35. The minimum absolute atomic E-state index is 0.351. The standard InChI is InChI=1S/C18H16N2O3/c1-11-7-3-5-9-13(11)19-17(22)15-16(21)12-8-4-6-10-14(12)20(2)18(15)23/h3-10,21H,1-2H3,(H,19,22)/p-1. The first-order chi connectivity index (χ1) is 11.0. The van der Waals surface area contributed by atoms with Crippen LogP contribution in [0.25, 0.3) is 10.9 Å². The zero-order valence-corrected chi connectivity index (χ0v) is 12.8. The molecule has 0 spiro atoms. The van der Waals surface area contributed by atoms with Gasteiger partial charge in [0.1, 0.15) is 0 Å². The van der Waals surface area contributed by atoms with E-state index in [1.807, 2.05) is 19.1 Å². The lowest BCUT2D eigenvalue weighted by molar-refractivity contribution is -0.266. The number of hydrogen-bond donors (Lipinski definition) is 1. The fourth-order valence-corrected chi connectivity index (χ4v) is 2.57. The molecule has 0 unspecified atom stereocenters. The van der Waals surface area contributed by atoms with Crippen LogP contribution in [0.15, 0.2) is 53.3 Å². The van der Waals surface area contributed by atoms with Gasteiger partial charge in [-0.1, -0.05) is 42.1 Å². The third-order valence-corrected chi connectivity index (χ3v) is 3.88. The van der Waals surface area contributed by atoms with Gasteiger partial charge in [-0.3, -0.25) is 9.59 Å². The van der Waals surface area contributed by atoms with E-state index in [1.165, 1.54) is 4.57 Å². The number of fused-ring (bicyclic) bond motifs is 1. The highest BCUT2D eigenvalue weighted by Gasteiger charge is 2.16. The summed E-state index contributed by atoms with van der Waals surface area (Å²) in [6.45, 7) is 1.84. The van der Waals surface area contributed by atoms with Gasteiger partial charge in [0.05, 0.1) is 11.1 Å².